The van der Waals surface area contributed by atoms with Crippen LogP contribution in [0.2, 0.25) is 0 Å². The van der Waals surface area contributed by atoms with Crippen LogP contribution < -0.4 is 16.0 Å². The first-order chi connectivity index (χ1) is 16.8. The number of carbonyl (C=O) groups excluding carboxylic acids is 2. The minimum atomic E-state index is -0.854. The zero-order valence-electron chi connectivity index (χ0n) is 19.8. The Balaban J connectivity index is 1.40. The van der Waals surface area contributed by atoms with Crippen LogP contribution in [0, 0.1) is 0 Å². The van der Waals surface area contributed by atoms with Crippen LogP contribution in [0.5, 0.6) is 0 Å². The summed E-state index contributed by atoms with van der Waals surface area (Å²) in [6.45, 7) is 5.54. The molecule has 12 nitrogen and oxygen atoms in total. The molecule has 0 aliphatic carbocycles. The molecule has 2 aromatic heterocycles. The van der Waals surface area contributed by atoms with E-state index in [9.17, 15) is 9.59 Å². The number of rotatable bonds is 6. The number of fused-ring (bicyclic) bond motifs is 2. The molecule has 3 N–H and O–H groups in total. The molecule has 12 heteroatoms. The van der Waals surface area contributed by atoms with Gasteiger partial charge in [0.1, 0.15) is 18.5 Å². The fraction of sp³-hybridized carbons (Fsp3) is 0.435. The van der Waals surface area contributed by atoms with Crippen LogP contribution in [-0.4, -0.2) is 62.5 Å². The number of anilines is 2. The average molecular weight is 482 g/mol. The molecule has 3 aromatic rings. The number of likely N-dealkylation sites (N-methyl/N-ethyl adjacent to an activating group) is 1. The highest BCUT2D eigenvalue weighted by atomic mass is 16.8. The average Bonchev–Trinajstić information content (AvgIpc) is 3.47. The summed E-state index contributed by atoms with van der Waals surface area (Å²) in [7, 11) is 1.55. The SMILES string of the molecule is CNC(=O)[C@H]1O[C@@H](n2cnc3c(NCc4cccc(NC(C)=O)c4)ncnc32)[C@@H]2OC(C)(C)O[C@@H]21. The van der Waals surface area contributed by atoms with E-state index in [4.69, 9.17) is 14.2 Å². The lowest BCUT2D eigenvalue weighted by Crippen LogP contribution is -2.41. The highest BCUT2D eigenvalue weighted by Gasteiger charge is 2.58. The lowest BCUT2D eigenvalue weighted by Gasteiger charge is -2.24. The molecule has 5 rings (SSSR count). The summed E-state index contributed by atoms with van der Waals surface area (Å²) in [5.74, 6) is -0.729. The number of hydrogen-bond acceptors (Lipinski definition) is 9. The molecule has 0 bridgehead atoms. The molecule has 2 aliphatic rings. The number of carbonyl (C=O) groups is 2. The number of imidazole rings is 1. The Morgan fingerprint density at radius 2 is 1.94 bits per heavy atom. The van der Waals surface area contributed by atoms with Gasteiger partial charge in [0, 0.05) is 26.2 Å². The quantitative estimate of drug-likeness (QED) is 0.478. The van der Waals surface area contributed by atoms with Crippen LogP contribution in [-0.2, 0) is 30.3 Å². The van der Waals surface area contributed by atoms with Crippen molar-refractivity contribution in [3.05, 3.63) is 42.5 Å². The molecule has 2 fully saturated rings. The van der Waals surface area contributed by atoms with Crippen molar-refractivity contribution in [3.63, 3.8) is 0 Å². The zero-order valence-corrected chi connectivity index (χ0v) is 19.8. The molecule has 0 unspecified atom stereocenters. The van der Waals surface area contributed by atoms with Crippen molar-refractivity contribution in [2.24, 2.45) is 0 Å². The van der Waals surface area contributed by atoms with Gasteiger partial charge in [-0.25, -0.2) is 15.0 Å². The highest BCUT2D eigenvalue weighted by molar-refractivity contribution is 5.88. The van der Waals surface area contributed by atoms with Crippen molar-refractivity contribution in [2.45, 2.75) is 57.6 Å². The first-order valence-corrected chi connectivity index (χ1v) is 11.3. The Bertz CT molecular complexity index is 1280. The Labute approximate surface area is 201 Å². The van der Waals surface area contributed by atoms with E-state index in [1.165, 1.54) is 13.3 Å². The monoisotopic (exact) mass is 481 g/mol. The molecule has 2 amide bonds. The normalized spacial score (nSPS) is 24.8. The maximum atomic E-state index is 12.4. The van der Waals surface area contributed by atoms with Crippen molar-refractivity contribution < 1.29 is 23.8 Å². The van der Waals surface area contributed by atoms with E-state index in [1.54, 1.807) is 31.8 Å². The van der Waals surface area contributed by atoms with Crippen molar-refractivity contribution in [1.29, 1.82) is 0 Å². The van der Waals surface area contributed by atoms with Crippen LogP contribution in [0.3, 0.4) is 0 Å². The van der Waals surface area contributed by atoms with Gasteiger partial charge in [-0.2, -0.15) is 0 Å². The summed E-state index contributed by atoms with van der Waals surface area (Å²) in [4.78, 5) is 37.1. The molecule has 1 aromatic carbocycles. The molecular weight excluding hydrogens is 454 g/mol. The summed E-state index contributed by atoms with van der Waals surface area (Å²) >= 11 is 0. The second-order valence-corrected chi connectivity index (χ2v) is 8.91. The van der Waals surface area contributed by atoms with Crippen LogP contribution >= 0.6 is 0 Å². The molecular formula is C23H27N7O5. The van der Waals surface area contributed by atoms with Gasteiger partial charge >= 0.3 is 0 Å². The van der Waals surface area contributed by atoms with Crippen molar-refractivity contribution in [2.75, 3.05) is 17.7 Å². The minimum Gasteiger partial charge on any atom is -0.364 e. The number of amides is 2. The minimum absolute atomic E-state index is 0.131. The van der Waals surface area contributed by atoms with Crippen LogP contribution in [0.1, 0.15) is 32.6 Å². The summed E-state index contributed by atoms with van der Waals surface area (Å²) in [6.07, 6.45) is 0.464. The molecule has 184 valence electrons. The standard InChI is InChI=1S/C23H27N7O5/c1-12(31)29-14-7-5-6-13(8-14)9-25-19-15-20(27-10-26-19)30(11-28-15)22-18-16(34-23(2,3)35-18)17(33-22)21(32)24-4/h5-8,10-11,16-18,22H,9H2,1-4H3,(H,24,32)(H,29,31)(H,25,26,27)/t16-,17+,18-,22-/m1/s1. The molecule has 4 heterocycles. The topological polar surface area (TPSA) is 142 Å². The van der Waals surface area contributed by atoms with Gasteiger partial charge in [-0.15, -0.1) is 0 Å². The summed E-state index contributed by atoms with van der Waals surface area (Å²) in [5.41, 5.74) is 2.75. The lowest BCUT2D eigenvalue weighted by molar-refractivity contribution is -0.197. The summed E-state index contributed by atoms with van der Waals surface area (Å²) in [5, 5.41) is 8.68. The fourth-order valence-corrected chi connectivity index (χ4v) is 4.47. The zero-order chi connectivity index (χ0) is 24.7. The molecule has 35 heavy (non-hydrogen) atoms. The van der Waals surface area contributed by atoms with Gasteiger partial charge in [0.15, 0.2) is 35.1 Å². The number of aromatic nitrogens is 4. The first kappa shape index (κ1) is 23.1. The van der Waals surface area contributed by atoms with E-state index in [0.717, 1.165) is 5.56 Å². The van der Waals surface area contributed by atoms with Gasteiger partial charge in [0.2, 0.25) is 5.91 Å². The van der Waals surface area contributed by atoms with Gasteiger partial charge in [0.05, 0.1) is 6.33 Å². The molecule has 2 saturated heterocycles. The van der Waals surface area contributed by atoms with Crippen molar-refractivity contribution in [3.8, 4) is 0 Å². The van der Waals surface area contributed by atoms with E-state index in [2.05, 4.69) is 30.9 Å². The molecule has 0 spiro atoms. The Kier molecular flexibility index (Phi) is 5.87. The number of ether oxygens (including phenoxy) is 3. The third kappa shape index (κ3) is 4.43. The van der Waals surface area contributed by atoms with Gasteiger partial charge in [-0.1, -0.05) is 12.1 Å². The number of hydrogen-bond donors (Lipinski definition) is 3. The smallest absolute Gasteiger partial charge is 0.251 e. The highest BCUT2D eigenvalue weighted by Crippen LogP contribution is 2.43. The van der Waals surface area contributed by atoms with Crippen LogP contribution in [0.25, 0.3) is 11.2 Å². The first-order valence-electron chi connectivity index (χ1n) is 11.3. The number of nitrogens with one attached hydrogen (secondary N) is 3. The maximum absolute atomic E-state index is 12.4. The lowest BCUT2D eigenvalue weighted by atomic mass is 10.1. The summed E-state index contributed by atoms with van der Waals surface area (Å²) < 4.78 is 19.9. The third-order valence-electron chi connectivity index (χ3n) is 5.87. The largest absolute Gasteiger partial charge is 0.364 e. The van der Waals surface area contributed by atoms with E-state index < -0.39 is 30.3 Å². The molecule has 2 aliphatic heterocycles. The van der Waals surface area contributed by atoms with Crippen LogP contribution in [0.15, 0.2) is 36.9 Å². The summed E-state index contributed by atoms with van der Waals surface area (Å²) in [6, 6.07) is 7.52. The Morgan fingerprint density at radius 1 is 1.14 bits per heavy atom. The van der Waals surface area contributed by atoms with Crippen molar-refractivity contribution >= 4 is 34.5 Å². The second-order valence-electron chi connectivity index (χ2n) is 8.91. The predicted molar refractivity (Wildman–Crippen MR) is 125 cm³/mol. The number of nitrogens with zero attached hydrogens (tertiary/aromatic N) is 4. The molecule has 4 atom stereocenters. The van der Waals surface area contributed by atoms with E-state index in [0.29, 0.717) is 29.2 Å². The van der Waals surface area contributed by atoms with Gasteiger partial charge in [0.25, 0.3) is 5.91 Å². The second kappa shape index (κ2) is 8.87. The maximum Gasteiger partial charge on any atom is 0.251 e. The van der Waals surface area contributed by atoms with E-state index in [-0.39, 0.29) is 11.8 Å². The Morgan fingerprint density at radius 3 is 2.71 bits per heavy atom. The molecule has 0 saturated carbocycles. The van der Waals surface area contributed by atoms with Crippen molar-refractivity contribution in [1.82, 2.24) is 24.8 Å². The van der Waals surface area contributed by atoms with E-state index >= 15 is 0 Å². The molecule has 0 radical (unpaired) electrons. The van der Waals surface area contributed by atoms with Gasteiger partial charge in [-0.05, 0) is 31.5 Å². The Hall–Kier alpha value is -3.61. The van der Waals surface area contributed by atoms with Gasteiger partial charge in [-0.3, -0.25) is 14.2 Å². The van der Waals surface area contributed by atoms with Gasteiger partial charge < -0.3 is 30.2 Å². The third-order valence-corrected chi connectivity index (χ3v) is 5.87. The van der Waals surface area contributed by atoms with E-state index in [1.807, 2.05) is 24.3 Å². The predicted octanol–water partition coefficient (Wildman–Crippen LogP) is 1.56. The van der Waals surface area contributed by atoms with Crippen LogP contribution in [0.4, 0.5) is 11.5 Å². The fourth-order valence-electron chi connectivity index (χ4n) is 4.47. The number of benzene rings is 1.